The average Bonchev–Trinajstić information content (AvgIpc) is 2.53. The van der Waals surface area contributed by atoms with Gasteiger partial charge in [0.05, 0.1) is 12.2 Å². The Balaban J connectivity index is 2.15. The lowest BCUT2D eigenvalue weighted by molar-refractivity contribution is 0.679. The average molecular weight is 173 g/mol. The summed E-state index contributed by atoms with van der Waals surface area (Å²) in [6.07, 6.45) is 5.58. The third-order valence-electron chi connectivity index (χ3n) is 1.87. The van der Waals surface area contributed by atoms with Crippen molar-refractivity contribution >= 4 is 0 Å². The van der Waals surface area contributed by atoms with Crippen molar-refractivity contribution in [2.24, 2.45) is 0 Å². The Morgan fingerprint density at radius 2 is 2.00 bits per heavy atom. The van der Waals surface area contributed by atoms with Crippen LogP contribution in [0.5, 0.6) is 0 Å². The van der Waals surface area contributed by atoms with Crippen LogP contribution in [0.25, 0.3) is 0 Å². The highest BCUT2D eigenvalue weighted by molar-refractivity contribution is 5.10. The van der Waals surface area contributed by atoms with Crippen LogP contribution >= 0.6 is 0 Å². The van der Waals surface area contributed by atoms with E-state index in [0.717, 1.165) is 12.2 Å². The smallest absolute Gasteiger partial charge is 0.0660 e. The van der Waals surface area contributed by atoms with E-state index in [1.807, 2.05) is 36.0 Å². The molecule has 0 N–H and O–H groups in total. The number of aromatic nitrogens is 3. The van der Waals surface area contributed by atoms with Gasteiger partial charge in [0, 0.05) is 18.6 Å². The molecular formula is C10H11N3. The molecule has 0 aliphatic heterocycles. The van der Waals surface area contributed by atoms with Crippen LogP contribution in [0.1, 0.15) is 11.3 Å². The van der Waals surface area contributed by atoms with Gasteiger partial charge in [-0.25, -0.2) is 0 Å². The van der Waals surface area contributed by atoms with Gasteiger partial charge in [0.2, 0.25) is 0 Å². The summed E-state index contributed by atoms with van der Waals surface area (Å²) >= 11 is 0. The molecule has 2 rings (SSSR count). The maximum Gasteiger partial charge on any atom is 0.0660 e. The minimum absolute atomic E-state index is 0.816. The zero-order valence-electron chi connectivity index (χ0n) is 7.51. The lowest BCUT2D eigenvalue weighted by Gasteiger charge is -1.99. The molecule has 0 aliphatic carbocycles. The number of hydrogen-bond donors (Lipinski definition) is 0. The second-order valence-corrected chi connectivity index (χ2v) is 3.01. The lowest BCUT2D eigenvalue weighted by Crippen LogP contribution is -2.00. The van der Waals surface area contributed by atoms with E-state index in [0.29, 0.717) is 0 Å². The molecule has 0 atom stereocenters. The van der Waals surface area contributed by atoms with Gasteiger partial charge in [0.15, 0.2) is 0 Å². The van der Waals surface area contributed by atoms with Crippen molar-refractivity contribution in [1.82, 2.24) is 14.8 Å². The van der Waals surface area contributed by atoms with Crippen LogP contribution in [-0.2, 0) is 6.54 Å². The molecule has 0 bridgehead atoms. The minimum atomic E-state index is 0.816. The number of aryl methyl sites for hydroxylation is 1. The van der Waals surface area contributed by atoms with Crippen LogP contribution in [0, 0.1) is 6.92 Å². The molecule has 0 unspecified atom stereocenters. The van der Waals surface area contributed by atoms with Crippen molar-refractivity contribution < 1.29 is 0 Å². The predicted octanol–water partition coefficient (Wildman–Crippen LogP) is 1.63. The predicted molar refractivity (Wildman–Crippen MR) is 50.3 cm³/mol. The minimum Gasteiger partial charge on any atom is -0.268 e. The summed E-state index contributed by atoms with van der Waals surface area (Å²) in [5, 5.41) is 4.30. The first kappa shape index (κ1) is 7.98. The molecule has 0 aliphatic rings. The van der Waals surface area contributed by atoms with E-state index in [1.165, 1.54) is 5.56 Å². The second-order valence-electron chi connectivity index (χ2n) is 3.01. The molecular weight excluding hydrogens is 162 g/mol. The summed E-state index contributed by atoms with van der Waals surface area (Å²) in [7, 11) is 0. The van der Waals surface area contributed by atoms with Gasteiger partial charge >= 0.3 is 0 Å². The molecule has 2 aromatic rings. The molecule has 3 nitrogen and oxygen atoms in total. The Morgan fingerprint density at radius 1 is 1.23 bits per heavy atom. The third-order valence-corrected chi connectivity index (χ3v) is 1.87. The van der Waals surface area contributed by atoms with Crippen LogP contribution in [-0.4, -0.2) is 14.8 Å². The van der Waals surface area contributed by atoms with Crippen LogP contribution in [0.2, 0.25) is 0 Å². The Bertz CT molecular complexity index is 378. The number of nitrogens with zero attached hydrogens (tertiary/aromatic N) is 3. The van der Waals surface area contributed by atoms with E-state index in [4.69, 9.17) is 0 Å². The summed E-state index contributed by atoms with van der Waals surface area (Å²) in [4.78, 5) is 3.96. The molecule has 0 radical (unpaired) electrons. The molecule has 2 aromatic heterocycles. The van der Waals surface area contributed by atoms with E-state index < -0.39 is 0 Å². The van der Waals surface area contributed by atoms with Crippen molar-refractivity contribution in [3.63, 3.8) is 0 Å². The second kappa shape index (κ2) is 3.39. The van der Waals surface area contributed by atoms with Gasteiger partial charge in [-0.15, -0.1) is 0 Å². The fourth-order valence-electron chi connectivity index (χ4n) is 1.23. The van der Waals surface area contributed by atoms with Gasteiger partial charge in [0.1, 0.15) is 0 Å². The van der Waals surface area contributed by atoms with Crippen molar-refractivity contribution in [3.05, 3.63) is 48.0 Å². The van der Waals surface area contributed by atoms with Gasteiger partial charge in [-0.2, -0.15) is 5.10 Å². The maximum atomic E-state index is 4.30. The highest BCUT2D eigenvalue weighted by Gasteiger charge is 1.95. The van der Waals surface area contributed by atoms with E-state index in [2.05, 4.69) is 10.1 Å². The molecule has 2 heterocycles. The third kappa shape index (κ3) is 1.93. The number of pyridine rings is 1. The summed E-state index contributed by atoms with van der Waals surface area (Å²) < 4.78 is 1.92. The van der Waals surface area contributed by atoms with Crippen molar-refractivity contribution in [1.29, 1.82) is 0 Å². The zero-order valence-corrected chi connectivity index (χ0v) is 7.51. The van der Waals surface area contributed by atoms with E-state index in [9.17, 15) is 0 Å². The van der Waals surface area contributed by atoms with Crippen molar-refractivity contribution in [2.75, 3.05) is 0 Å². The topological polar surface area (TPSA) is 30.7 Å². The largest absolute Gasteiger partial charge is 0.268 e. The summed E-state index contributed by atoms with van der Waals surface area (Å²) in [5.41, 5.74) is 2.27. The fourth-order valence-corrected chi connectivity index (χ4v) is 1.23. The standard InChI is InChI=1S/C10H11N3/c1-9-4-7-13(12-9)8-10-2-5-11-6-3-10/h2-7H,8H2,1H3. The van der Waals surface area contributed by atoms with Crippen LogP contribution in [0.15, 0.2) is 36.8 Å². The Morgan fingerprint density at radius 3 is 2.62 bits per heavy atom. The zero-order chi connectivity index (χ0) is 9.10. The van der Waals surface area contributed by atoms with Gasteiger partial charge in [0.25, 0.3) is 0 Å². The van der Waals surface area contributed by atoms with Gasteiger partial charge in [-0.1, -0.05) is 0 Å². The fraction of sp³-hybridized carbons (Fsp3) is 0.200. The van der Waals surface area contributed by atoms with Crippen LogP contribution in [0.3, 0.4) is 0 Å². The molecule has 66 valence electrons. The molecule has 0 fully saturated rings. The van der Waals surface area contributed by atoms with Crippen LogP contribution in [0.4, 0.5) is 0 Å². The highest BCUT2D eigenvalue weighted by Crippen LogP contribution is 2.00. The van der Waals surface area contributed by atoms with Crippen LogP contribution < -0.4 is 0 Å². The number of hydrogen-bond acceptors (Lipinski definition) is 2. The van der Waals surface area contributed by atoms with E-state index in [1.54, 1.807) is 12.4 Å². The summed E-state index contributed by atoms with van der Waals surface area (Å²) in [6, 6.07) is 6.00. The summed E-state index contributed by atoms with van der Waals surface area (Å²) in [5.74, 6) is 0. The molecule has 0 saturated carbocycles. The molecule has 0 amide bonds. The molecule has 0 spiro atoms. The SMILES string of the molecule is Cc1ccn(Cc2ccncc2)n1. The van der Waals surface area contributed by atoms with Crippen molar-refractivity contribution in [2.45, 2.75) is 13.5 Å². The van der Waals surface area contributed by atoms with Gasteiger partial charge < -0.3 is 0 Å². The molecule has 0 saturated heterocycles. The Labute approximate surface area is 77.0 Å². The Kier molecular flexibility index (Phi) is 2.08. The normalized spacial score (nSPS) is 10.2. The summed E-state index contributed by atoms with van der Waals surface area (Å²) in [6.45, 7) is 2.80. The Hall–Kier alpha value is -1.64. The highest BCUT2D eigenvalue weighted by atomic mass is 15.3. The molecule has 13 heavy (non-hydrogen) atoms. The first-order valence-corrected chi connectivity index (χ1v) is 4.23. The monoisotopic (exact) mass is 173 g/mol. The first-order chi connectivity index (χ1) is 6.34. The maximum absolute atomic E-state index is 4.30. The van der Waals surface area contributed by atoms with E-state index in [-0.39, 0.29) is 0 Å². The number of rotatable bonds is 2. The lowest BCUT2D eigenvalue weighted by atomic mass is 10.3. The first-order valence-electron chi connectivity index (χ1n) is 4.23. The molecule has 0 aromatic carbocycles. The van der Waals surface area contributed by atoms with Gasteiger partial charge in [-0.3, -0.25) is 9.67 Å². The van der Waals surface area contributed by atoms with Gasteiger partial charge in [-0.05, 0) is 30.7 Å². The molecule has 3 heteroatoms. The quantitative estimate of drug-likeness (QED) is 0.691. The van der Waals surface area contributed by atoms with Crippen molar-refractivity contribution in [3.8, 4) is 0 Å². The van der Waals surface area contributed by atoms with E-state index >= 15 is 0 Å².